The Kier molecular flexibility index (Phi) is 4.19. The number of rotatable bonds is 2. The molecule has 2 aliphatic rings. The third-order valence-corrected chi connectivity index (χ3v) is 4.92. The van der Waals surface area contributed by atoms with E-state index in [1.807, 2.05) is 0 Å². The molecule has 2 fully saturated rings. The Morgan fingerprint density at radius 1 is 1.05 bits per heavy atom. The molecule has 1 aromatic rings. The summed E-state index contributed by atoms with van der Waals surface area (Å²) in [5.74, 6) is 0.939. The van der Waals surface area contributed by atoms with Gasteiger partial charge in [-0.2, -0.15) is 0 Å². The van der Waals surface area contributed by atoms with Crippen LogP contribution in [0, 0.1) is 5.92 Å². The summed E-state index contributed by atoms with van der Waals surface area (Å²) in [6.07, 6.45) is 5.61. The molecule has 1 aliphatic heterocycles. The number of nitrogens with one attached hydrogen (secondary N) is 1. The maximum atomic E-state index is 3.57. The van der Waals surface area contributed by atoms with Crippen molar-refractivity contribution in [2.24, 2.45) is 5.92 Å². The van der Waals surface area contributed by atoms with Crippen LogP contribution in [0.3, 0.4) is 0 Å². The number of hydrogen-bond acceptors (Lipinski definition) is 2. The second-order valence-electron chi connectivity index (χ2n) is 6.28. The van der Waals surface area contributed by atoms with Crippen LogP contribution < -0.4 is 5.32 Å². The fraction of sp³-hybridized carbons (Fsp3) is 0.647. The smallest absolute Gasteiger partial charge is 0.0476 e. The zero-order valence-electron chi connectivity index (χ0n) is 12.0. The molecular weight excluding hydrogens is 232 g/mol. The Morgan fingerprint density at radius 3 is 2.53 bits per heavy atom. The molecule has 0 aromatic heterocycles. The molecule has 2 heteroatoms. The first kappa shape index (κ1) is 13.1. The number of benzene rings is 1. The lowest BCUT2D eigenvalue weighted by Gasteiger charge is -2.44. The van der Waals surface area contributed by atoms with Crippen LogP contribution in [0.2, 0.25) is 0 Å². The summed E-state index contributed by atoms with van der Waals surface area (Å²) in [4.78, 5) is 2.78. The van der Waals surface area contributed by atoms with Crippen molar-refractivity contribution in [3.05, 3.63) is 35.9 Å². The van der Waals surface area contributed by atoms with E-state index in [1.54, 1.807) is 0 Å². The Hall–Kier alpha value is -0.860. The molecule has 1 aliphatic carbocycles. The molecule has 104 valence electrons. The van der Waals surface area contributed by atoms with Crippen LogP contribution in [-0.2, 0) is 0 Å². The molecule has 1 unspecified atom stereocenters. The van der Waals surface area contributed by atoms with Crippen LogP contribution in [0.25, 0.3) is 0 Å². The van der Waals surface area contributed by atoms with Gasteiger partial charge in [0.05, 0.1) is 0 Å². The zero-order chi connectivity index (χ0) is 13.1. The minimum atomic E-state index is 0.577. The first-order valence-electron chi connectivity index (χ1n) is 7.86. The quantitative estimate of drug-likeness (QED) is 0.876. The summed E-state index contributed by atoms with van der Waals surface area (Å²) in [6.45, 7) is 5.87. The largest absolute Gasteiger partial charge is 0.314 e. The van der Waals surface area contributed by atoms with E-state index in [0.717, 1.165) is 25.0 Å². The lowest BCUT2D eigenvalue weighted by molar-refractivity contribution is 0.0730. The van der Waals surface area contributed by atoms with Gasteiger partial charge in [-0.3, -0.25) is 4.90 Å². The topological polar surface area (TPSA) is 15.3 Å². The van der Waals surface area contributed by atoms with Crippen LogP contribution in [0.1, 0.15) is 44.2 Å². The molecule has 19 heavy (non-hydrogen) atoms. The Labute approximate surface area is 117 Å². The molecule has 1 saturated heterocycles. The minimum absolute atomic E-state index is 0.577. The lowest BCUT2D eigenvalue weighted by atomic mass is 9.85. The lowest BCUT2D eigenvalue weighted by Crippen LogP contribution is -2.51. The van der Waals surface area contributed by atoms with Gasteiger partial charge in [0.1, 0.15) is 0 Å². The van der Waals surface area contributed by atoms with Crippen molar-refractivity contribution in [2.75, 3.05) is 19.6 Å². The molecule has 1 N–H and O–H groups in total. The highest BCUT2D eigenvalue weighted by Gasteiger charge is 2.31. The van der Waals surface area contributed by atoms with Crippen molar-refractivity contribution in [2.45, 2.75) is 44.7 Å². The molecular formula is C17H26N2. The van der Waals surface area contributed by atoms with Crippen LogP contribution in [0.5, 0.6) is 0 Å². The molecule has 0 spiro atoms. The van der Waals surface area contributed by atoms with Crippen molar-refractivity contribution < 1.29 is 0 Å². The highest BCUT2D eigenvalue weighted by molar-refractivity contribution is 5.20. The molecule has 0 amide bonds. The first-order valence-corrected chi connectivity index (χ1v) is 7.86. The molecule has 0 radical (unpaired) electrons. The van der Waals surface area contributed by atoms with Gasteiger partial charge in [-0.05, 0) is 37.2 Å². The van der Waals surface area contributed by atoms with Crippen LogP contribution in [0.4, 0.5) is 0 Å². The second kappa shape index (κ2) is 6.06. The van der Waals surface area contributed by atoms with E-state index in [9.17, 15) is 0 Å². The van der Waals surface area contributed by atoms with Crippen molar-refractivity contribution in [3.8, 4) is 0 Å². The maximum Gasteiger partial charge on any atom is 0.0476 e. The third kappa shape index (κ3) is 3.01. The molecule has 1 heterocycles. The summed E-state index contributed by atoms with van der Waals surface area (Å²) >= 11 is 0. The van der Waals surface area contributed by atoms with E-state index in [-0.39, 0.29) is 0 Å². The predicted molar refractivity (Wildman–Crippen MR) is 80.2 cm³/mol. The SMILES string of the molecule is CC1CCC(N2CCNCC2c2ccccc2)CC1. The highest BCUT2D eigenvalue weighted by atomic mass is 15.2. The predicted octanol–water partition coefficient (Wildman–Crippen LogP) is 3.21. The van der Waals surface area contributed by atoms with Crippen LogP contribution >= 0.6 is 0 Å². The zero-order valence-corrected chi connectivity index (χ0v) is 12.0. The minimum Gasteiger partial charge on any atom is -0.314 e. The molecule has 1 aromatic carbocycles. The van der Waals surface area contributed by atoms with Crippen LogP contribution in [-0.4, -0.2) is 30.6 Å². The van der Waals surface area contributed by atoms with Gasteiger partial charge in [-0.25, -0.2) is 0 Å². The van der Waals surface area contributed by atoms with E-state index in [2.05, 4.69) is 47.5 Å². The van der Waals surface area contributed by atoms with Gasteiger partial charge < -0.3 is 5.32 Å². The second-order valence-corrected chi connectivity index (χ2v) is 6.28. The van der Waals surface area contributed by atoms with Crippen molar-refractivity contribution in [3.63, 3.8) is 0 Å². The van der Waals surface area contributed by atoms with Gasteiger partial charge >= 0.3 is 0 Å². The Bertz CT molecular complexity index is 382. The van der Waals surface area contributed by atoms with Gasteiger partial charge in [0.2, 0.25) is 0 Å². The normalized spacial score (nSPS) is 33.2. The van der Waals surface area contributed by atoms with Gasteiger partial charge in [0.15, 0.2) is 0 Å². The summed E-state index contributed by atoms with van der Waals surface area (Å²) in [5.41, 5.74) is 1.48. The van der Waals surface area contributed by atoms with Crippen LogP contribution in [0.15, 0.2) is 30.3 Å². The summed E-state index contributed by atoms with van der Waals surface area (Å²) < 4.78 is 0. The van der Waals surface area contributed by atoms with E-state index in [0.29, 0.717) is 6.04 Å². The number of nitrogens with zero attached hydrogens (tertiary/aromatic N) is 1. The number of hydrogen-bond donors (Lipinski definition) is 1. The maximum absolute atomic E-state index is 3.57. The average Bonchev–Trinajstić information content (AvgIpc) is 2.49. The van der Waals surface area contributed by atoms with Crippen molar-refractivity contribution >= 4 is 0 Å². The van der Waals surface area contributed by atoms with Gasteiger partial charge in [-0.1, -0.05) is 37.3 Å². The number of piperazine rings is 1. The van der Waals surface area contributed by atoms with E-state index < -0.39 is 0 Å². The Morgan fingerprint density at radius 2 is 1.79 bits per heavy atom. The molecule has 2 nitrogen and oxygen atoms in total. The molecule has 0 bridgehead atoms. The fourth-order valence-electron chi connectivity index (χ4n) is 3.72. The summed E-state index contributed by atoms with van der Waals surface area (Å²) in [7, 11) is 0. The third-order valence-electron chi connectivity index (χ3n) is 4.92. The van der Waals surface area contributed by atoms with E-state index in [4.69, 9.17) is 0 Å². The molecule has 3 rings (SSSR count). The average molecular weight is 258 g/mol. The Balaban J connectivity index is 1.74. The van der Waals surface area contributed by atoms with E-state index in [1.165, 1.54) is 37.8 Å². The van der Waals surface area contributed by atoms with Gasteiger partial charge in [0, 0.05) is 31.7 Å². The monoisotopic (exact) mass is 258 g/mol. The highest BCUT2D eigenvalue weighted by Crippen LogP contribution is 2.33. The van der Waals surface area contributed by atoms with Gasteiger partial charge in [-0.15, -0.1) is 0 Å². The molecule has 1 atom stereocenters. The summed E-state index contributed by atoms with van der Waals surface area (Å²) in [6, 6.07) is 12.4. The van der Waals surface area contributed by atoms with Crippen molar-refractivity contribution in [1.29, 1.82) is 0 Å². The first-order chi connectivity index (χ1) is 9.34. The standard InChI is InChI=1S/C17H26N2/c1-14-7-9-16(10-8-14)19-12-11-18-13-17(19)15-5-3-2-4-6-15/h2-6,14,16-18H,7-13H2,1H3. The van der Waals surface area contributed by atoms with E-state index >= 15 is 0 Å². The summed E-state index contributed by atoms with van der Waals surface area (Å²) in [5, 5.41) is 3.57. The van der Waals surface area contributed by atoms with Gasteiger partial charge in [0.25, 0.3) is 0 Å². The fourth-order valence-corrected chi connectivity index (χ4v) is 3.72. The van der Waals surface area contributed by atoms with Crippen molar-refractivity contribution in [1.82, 2.24) is 10.2 Å². The molecule has 1 saturated carbocycles.